The van der Waals surface area contributed by atoms with E-state index in [9.17, 15) is 18.8 Å². The number of halogens is 1. The molecule has 1 aliphatic heterocycles. The molecule has 0 atom stereocenters. The van der Waals surface area contributed by atoms with Crippen LogP contribution in [0.5, 0.6) is 5.75 Å². The fraction of sp³-hybridized carbons (Fsp3) is 0.0870. The zero-order valence-electron chi connectivity index (χ0n) is 16.7. The predicted octanol–water partition coefficient (Wildman–Crippen LogP) is 3.53. The number of methoxy groups -OCH3 is 2. The number of esters is 3. The third-order valence-corrected chi connectivity index (χ3v) is 4.30. The quantitative estimate of drug-likeness (QED) is 0.537. The number of carbonyl (C=O) groups excluding carboxylic acids is 3. The van der Waals surface area contributed by atoms with Gasteiger partial charge < -0.3 is 19.1 Å². The van der Waals surface area contributed by atoms with Crippen molar-refractivity contribution in [1.82, 2.24) is 0 Å². The zero-order chi connectivity index (χ0) is 22.4. The summed E-state index contributed by atoms with van der Waals surface area (Å²) in [6.45, 7) is 0. The predicted molar refractivity (Wildman–Crippen MR) is 110 cm³/mol. The molecule has 31 heavy (non-hydrogen) atoms. The molecule has 2 aromatic carbocycles. The normalized spacial score (nSPS) is 12.9. The molecule has 0 unspecified atom stereocenters. The smallest absolute Gasteiger partial charge is 0.355 e. The molecular formula is C23H18FNO6. The molecule has 0 fully saturated rings. The number of nitrogens with zero attached hydrogens (tertiary/aromatic N) is 1. The van der Waals surface area contributed by atoms with Crippen molar-refractivity contribution in [3.8, 4) is 5.75 Å². The molecule has 0 aliphatic carbocycles. The summed E-state index contributed by atoms with van der Waals surface area (Å²) in [5.41, 5.74) is 0.169. The lowest BCUT2D eigenvalue weighted by Crippen LogP contribution is -2.28. The summed E-state index contributed by atoms with van der Waals surface area (Å²) in [7, 11) is 2.37. The van der Waals surface area contributed by atoms with E-state index >= 15 is 0 Å². The van der Waals surface area contributed by atoms with Crippen molar-refractivity contribution < 1.29 is 33.0 Å². The Balaban J connectivity index is 2.08. The number of rotatable bonds is 5. The van der Waals surface area contributed by atoms with Crippen molar-refractivity contribution in [2.75, 3.05) is 19.1 Å². The van der Waals surface area contributed by atoms with Gasteiger partial charge in [-0.25, -0.2) is 18.8 Å². The summed E-state index contributed by atoms with van der Waals surface area (Å²) >= 11 is 0. The Morgan fingerprint density at radius 2 is 1.52 bits per heavy atom. The van der Waals surface area contributed by atoms with Gasteiger partial charge in [0.2, 0.25) is 0 Å². The lowest BCUT2D eigenvalue weighted by atomic mass is 10.1. The van der Waals surface area contributed by atoms with E-state index in [1.54, 1.807) is 30.4 Å². The highest BCUT2D eigenvalue weighted by atomic mass is 19.1. The van der Waals surface area contributed by atoms with Crippen LogP contribution in [0.2, 0.25) is 0 Å². The Hall–Kier alpha value is -4.20. The highest BCUT2D eigenvalue weighted by molar-refractivity contribution is 6.07. The number of hydrogen-bond donors (Lipinski definition) is 0. The molecular weight excluding hydrogens is 405 g/mol. The summed E-state index contributed by atoms with van der Waals surface area (Å²) in [4.78, 5) is 39.1. The van der Waals surface area contributed by atoms with E-state index in [4.69, 9.17) is 14.2 Å². The van der Waals surface area contributed by atoms with Crippen molar-refractivity contribution in [1.29, 1.82) is 0 Å². The van der Waals surface area contributed by atoms with Crippen LogP contribution in [0.25, 0.3) is 0 Å². The average Bonchev–Trinajstić information content (AvgIpc) is 3.02. The second-order valence-electron chi connectivity index (χ2n) is 6.18. The minimum atomic E-state index is -0.807. The van der Waals surface area contributed by atoms with Gasteiger partial charge in [0.05, 0.1) is 31.0 Å². The topological polar surface area (TPSA) is 82.1 Å². The number of hydrogen-bond acceptors (Lipinski definition) is 7. The molecule has 158 valence electrons. The van der Waals surface area contributed by atoms with Crippen LogP contribution in [-0.4, -0.2) is 32.1 Å². The average molecular weight is 423 g/mol. The molecule has 3 rings (SSSR count). The zero-order valence-corrected chi connectivity index (χ0v) is 16.7. The SMILES string of the molecule is COC(=O)C1=C(C(=O)OC)N(c2ccccc2C(=O)Oc2ccc(F)cc2)C=CC=C1. The number of ether oxygens (including phenoxy) is 3. The first kappa shape index (κ1) is 21.5. The molecule has 0 radical (unpaired) electrons. The molecule has 0 spiro atoms. The lowest BCUT2D eigenvalue weighted by molar-refractivity contribution is -0.139. The first-order chi connectivity index (χ1) is 15.0. The van der Waals surface area contributed by atoms with Crippen molar-refractivity contribution >= 4 is 23.6 Å². The molecule has 1 aliphatic rings. The van der Waals surface area contributed by atoms with Crippen LogP contribution >= 0.6 is 0 Å². The Bertz CT molecular complexity index is 1100. The molecule has 0 saturated carbocycles. The summed E-state index contributed by atoms with van der Waals surface area (Å²) < 4.78 is 28.1. The van der Waals surface area contributed by atoms with Gasteiger partial charge in [0.15, 0.2) is 0 Å². The number of carbonyl (C=O) groups is 3. The second-order valence-corrected chi connectivity index (χ2v) is 6.18. The summed E-state index contributed by atoms with van der Waals surface area (Å²) in [5.74, 6) is -2.62. The van der Waals surface area contributed by atoms with Gasteiger partial charge in [-0.15, -0.1) is 0 Å². The van der Waals surface area contributed by atoms with Gasteiger partial charge >= 0.3 is 17.9 Å². The summed E-state index contributed by atoms with van der Waals surface area (Å²) in [6, 6.07) is 11.3. The fourth-order valence-corrected chi connectivity index (χ4v) is 2.87. The van der Waals surface area contributed by atoms with Gasteiger partial charge in [-0.05, 0) is 48.6 Å². The second kappa shape index (κ2) is 9.53. The van der Waals surface area contributed by atoms with Crippen LogP contribution in [-0.2, 0) is 19.1 Å². The minimum absolute atomic E-state index is 0.0546. The monoisotopic (exact) mass is 423 g/mol. The number of anilines is 1. The lowest BCUT2D eigenvalue weighted by Gasteiger charge is -2.24. The molecule has 7 nitrogen and oxygen atoms in total. The maximum absolute atomic E-state index is 13.1. The van der Waals surface area contributed by atoms with Gasteiger partial charge in [0.1, 0.15) is 17.3 Å². The van der Waals surface area contributed by atoms with E-state index < -0.39 is 23.7 Å². The number of benzene rings is 2. The van der Waals surface area contributed by atoms with Crippen LogP contribution < -0.4 is 9.64 Å². The van der Waals surface area contributed by atoms with Crippen molar-refractivity contribution in [2.45, 2.75) is 0 Å². The fourth-order valence-electron chi connectivity index (χ4n) is 2.87. The van der Waals surface area contributed by atoms with E-state index in [1.165, 1.54) is 61.7 Å². The van der Waals surface area contributed by atoms with Gasteiger partial charge in [0, 0.05) is 6.20 Å². The summed E-state index contributed by atoms with van der Waals surface area (Å²) in [6.07, 6.45) is 6.05. The largest absolute Gasteiger partial charge is 0.465 e. The minimum Gasteiger partial charge on any atom is -0.465 e. The highest BCUT2D eigenvalue weighted by Crippen LogP contribution is 2.30. The van der Waals surface area contributed by atoms with Crippen LogP contribution in [0.3, 0.4) is 0 Å². The van der Waals surface area contributed by atoms with E-state index in [1.807, 2.05) is 0 Å². The van der Waals surface area contributed by atoms with E-state index in [0.29, 0.717) is 0 Å². The first-order valence-electron chi connectivity index (χ1n) is 9.08. The summed E-state index contributed by atoms with van der Waals surface area (Å²) in [5, 5.41) is 0. The molecule has 1 heterocycles. The third kappa shape index (κ3) is 4.69. The standard InChI is InChI=1S/C23H18FNO6/c1-29-21(26)18-8-5-6-14-25(20(18)23(28)30-2)19-9-4-3-7-17(19)22(27)31-16-12-10-15(24)11-13-16/h3-14H,1-2H3. The Kier molecular flexibility index (Phi) is 6.61. The molecule has 0 N–H and O–H groups in total. The van der Waals surface area contributed by atoms with Crippen molar-refractivity contribution in [2.24, 2.45) is 0 Å². The Morgan fingerprint density at radius 1 is 0.839 bits per heavy atom. The highest BCUT2D eigenvalue weighted by Gasteiger charge is 2.29. The molecule has 0 saturated heterocycles. The molecule has 8 heteroatoms. The van der Waals surface area contributed by atoms with E-state index in [2.05, 4.69) is 0 Å². The Labute approximate surface area is 177 Å². The Morgan fingerprint density at radius 3 is 2.19 bits per heavy atom. The van der Waals surface area contributed by atoms with Crippen LogP contribution in [0, 0.1) is 5.82 Å². The number of para-hydroxylation sites is 1. The first-order valence-corrected chi connectivity index (χ1v) is 9.08. The molecule has 2 aromatic rings. The van der Waals surface area contributed by atoms with Gasteiger partial charge in [-0.2, -0.15) is 0 Å². The molecule has 0 amide bonds. The maximum Gasteiger partial charge on any atom is 0.355 e. The van der Waals surface area contributed by atoms with Crippen molar-refractivity contribution in [3.63, 3.8) is 0 Å². The molecule has 0 bridgehead atoms. The molecule has 0 aromatic heterocycles. The van der Waals surface area contributed by atoms with Crippen LogP contribution in [0.15, 0.2) is 84.2 Å². The van der Waals surface area contributed by atoms with E-state index in [0.717, 1.165) is 0 Å². The third-order valence-electron chi connectivity index (χ3n) is 4.30. The van der Waals surface area contributed by atoms with Gasteiger partial charge in [0.25, 0.3) is 0 Å². The van der Waals surface area contributed by atoms with Crippen LogP contribution in [0.4, 0.5) is 10.1 Å². The number of allylic oxidation sites excluding steroid dienone is 2. The van der Waals surface area contributed by atoms with E-state index in [-0.39, 0.29) is 28.3 Å². The van der Waals surface area contributed by atoms with Gasteiger partial charge in [-0.3, -0.25) is 0 Å². The van der Waals surface area contributed by atoms with Gasteiger partial charge in [-0.1, -0.05) is 18.2 Å². The maximum atomic E-state index is 13.1. The van der Waals surface area contributed by atoms with Crippen molar-refractivity contribution in [3.05, 3.63) is 95.6 Å². The van der Waals surface area contributed by atoms with Crippen LogP contribution in [0.1, 0.15) is 10.4 Å².